The highest BCUT2D eigenvalue weighted by Gasteiger charge is 2.46. The number of para-hydroxylation sites is 1. The average molecular weight is 276 g/mol. The van der Waals surface area contributed by atoms with Gasteiger partial charge in [-0.15, -0.1) is 0 Å². The van der Waals surface area contributed by atoms with Crippen LogP contribution in [0.5, 0.6) is 0 Å². The summed E-state index contributed by atoms with van der Waals surface area (Å²) in [6.07, 6.45) is 0.964. The molecule has 1 amide bonds. The molecule has 2 aromatic rings. The summed E-state index contributed by atoms with van der Waals surface area (Å²) in [4.78, 5) is 14.1. The van der Waals surface area contributed by atoms with E-state index in [4.69, 9.17) is 0 Å². The molecule has 0 radical (unpaired) electrons. The summed E-state index contributed by atoms with van der Waals surface area (Å²) in [5.41, 5.74) is 2.46. The third-order valence-corrected chi connectivity index (χ3v) is 4.14. The molecule has 104 valence electrons. The van der Waals surface area contributed by atoms with Gasteiger partial charge in [0.1, 0.15) is 0 Å². The number of nitriles is 1. The van der Waals surface area contributed by atoms with E-state index in [1.807, 2.05) is 54.6 Å². The van der Waals surface area contributed by atoms with Crippen LogP contribution in [0.25, 0.3) is 0 Å². The molecule has 0 spiro atoms. The maximum absolute atomic E-state index is 12.3. The molecule has 1 atom stereocenters. The number of carbonyl (C=O) groups is 1. The molecule has 3 rings (SSSR count). The van der Waals surface area contributed by atoms with Crippen LogP contribution in [0.4, 0.5) is 5.69 Å². The van der Waals surface area contributed by atoms with Crippen LogP contribution in [-0.4, -0.2) is 5.91 Å². The maximum Gasteiger partial charge on any atom is 0.224 e. The number of hydrogen-bond acceptors (Lipinski definition) is 2. The number of rotatable bonds is 2. The molecule has 1 aliphatic rings. The fraction of sp³-hybridized carbons (Fsp3) is 0.222. The lowest BCUT2D eigenvalue weighted by Gasteiger charge is -2.37. The van der Waals surface area contributed by atoms with Crippen molar-refractivity contribution in [3.63, 3.8) is 0 Å². The van der Waals surface area contributed by atoms with E-state index in [0.29, 0.717) is 6.42 Å². The van der Waals surface area contributed by atoms with E-state index in [1.165, 1.54) is 0 Å². The molecule has 2 aromatic carbocycles. The van der Waals surface area contributed by atoms with Crippen LogP contribution in [0.3, 0.4) is 0 Å². The van der Waals surface area contributed by atoms with Gasteiger partial charge in [-0.1, -0.05) is 48.5 Å². The first-order valence-corrected chi connectivity index (χ1v) is 7.00. The minimum Gasteiger partial charge on any atom is -0.301 e. The molecule has 0 saturated carbocycles. The summed E-state index contributed by atoms with van der Waals surface area (Å²) in [6.45, 7) is 1.57. The number of carbonyl (C=O) groups excluding carboxylic acids is 1. The van der Waals surface area contributed by atoms with Gasteiger partial charge >= 0.3 is 0 Å². The quantitative estimate of drug-likeness (QED) is 0.843. The topological polar surface area (TPSA) is 44.1 Å². The first-order valence-electron chi connectivity index (χ1n) is 7.00. The number of benzene rings is 2. The van der Waals surface area contributed by atoms with Crippen molar-refractivity contribution in [1.82, 2.24) is 0 Å². The summed E-state index contributed by atoms with van der Waals surface area (Å²) >= 11 is 0. The predicted molar refractivity (Wildman–Crippen MR) is 81.7 cm³/mol. The molecule has 0 saturated heterocycles. The Balaban J connectivity index is 2.22. The average Bonchev–Trinajstić information content (AvgIpc) is 2.83. The van der Waals surface area contributed by atoms with Gasteiger partial charge < -0.3 is 4.90 Å². The van der Waals surface area contributed by atoms with Crippen molar-refractivity contribution in [2.75, 3.05) is 4.90 Å². The zero-order valence-electron chi connectivity index (χ0n) is 11.9. The smallest absolute Gasteiger partial charge is 0.224 e. The molecule has 0 N–H and O–H groups in total. The van der Waals surface area contributed by atoms with E-state index < -0.39 is 5.54 Å². The largest absolute Gasteiger partial charge is 0.301 e. The molecule has 0 aliphatic carbocycles. The lowest BCUT2D eigenvalue weighted by Crippen LogP contribution is -2.46. The highest BCUT2D eigenvalue weighted by Crippen LogP contribution is 2.46. The van der Waals surface area contributed by atoms with Crippen LogP contribution >= 0.6 is 0 Å². The van der Waals surface area contributed by atoms with Gasteiger partial charge in [0, 0.05) is 19.0 Å². The highest BCUT2D eigenvalue weighted by atomic mass is 16.2. The molecule has 1 unspecified atom stereocenters. The van der Waals surface area contributed by atoms with Gasteiger partial charge in [-0.2, -0.15) is 5.26 Å². The van der Waals surface area contributed by atoms with Gasteiger partial charge in [0.05, 0.1) is 18.0 Å². The highest BCUT2D eigenvalue weighted by molar-refractivity contribution is 5.96. The summed E-state index contributed by atoms with van der Waals surface area (Å²) in [5, 5.41) is 9.34. The van der Waals surface area contributed by atoms with Crippen molar-refractivity contribution >= 4 is 11.6 Å². The minimum absolute atomic E-state index is 0.0287. The van der Waals surface area contributed by atoms with Crippen LogP contribution in [0.1, 0.15) is 24.5 Å². The normalized spacial score (nSPS) is 19.9. The number of nitrogens with zero attached hydrogens (tertiary/aromatic N) is 2. The van der Waals surface area contributed by atoms with Crippen LogP contribution < -0.4 is 4.90 Å². The minimum atomic E-state index is -0.592. The fourth-order valence-electron chi connectivity index (χ4n) is 3.33. The van der Waals surface area contributed by atoms with Gasteiger partial charge in [-0.05, 0) is 17.2 Å². The molecule has 1 heterocycles. The van der Waals surface area contributed by atoms with Crippen molar-refractivity contribution in [2.24, 2.45) is 0 Å². The lowest BCUT2D eigenvalue weighted by atomic mass is 9.83. The van der Waals surface area contributed by atoms with Gasteiger partial charge in [-0.3, -0.25) is 4.79 Å². The third kappa shape index (κ3) is 2.00. The van der Waals surface area contributed by atoms with Crippen LogP contribution in [0.15, 0.2) is 54.6 Å². The monoisotopic (exact) mass is 276 g/mol. The predicted octanol–water partition coefficient (Wildman–Crippen LogP) is 3.40. The number of fused-ring (bicyclic) bond motifs is 1. The number of amides is 1. The summed E-state index contributed by atoms with van der Waals surface area (Å²) in [7, 11) is 0. The van der Waals surface area contributed by atoms with Crippen LogP contribution in [0, 0.1) is 11.3 Å². The summed E-state index contributed by atoms with van der Waals surface area (Å²) < 4.78 is 0. The molecule has 3 nitrogen and oxygen atoms in total. The van der Waals surface area contributed by atoms with Crippen molar-refractivity contribution in [3.05, 3.63) is 65.7 Å². The van der Waals surface area contributed by atoms with E-state index in [-0.39, 0.29) is 12.3 Å². The molecule has 21 heavy (non-hydrogen) atoms. The lowest BCUT2D eigenvalue weighted by molar-refractivity contribution is -0.117. The van der Waals surface area contributed by atoms with E-state index in [2.05, 4.69) is 6.07 Å². The van der Waals surface area contributed by atoms with Crippen molar-refractivity contribution < 1.29 is 4.79 Å². The second-order valence-electron chi connectivity index (χ2n) is 5.39. The van der Waals surface area contributed by atoms with Crippen molar-refractivity contribution in [1.29, 1.82) is 5.26 Å². The van der Waals surface area contributed by atoms with Crippen molar-refractivity contribution in [2.45, 2.75) is 25.3 Å². The van der Waals surface area contributed by atoms with E-state index in [1.54, 1.807) is 11.8 Å². The molecule has 0 fully saturated rings. The SMILES string of the molecule is CC(=O)N1c2ccccc2CC1(CC#N)c1ccccc1. The van der Waals surface area contributed by atoms with Gasteiger partial charge in [0.2, 0.25) is 5.91 Å². The van der Waals surface area contributed by atoms with Crippen molar-refractivity contribution in [3.8, 4) is 6.07 Å². The molecule has 0 aromatic heterocycles. The summed E-state index contributed by atoms with van der Waals surface area (Å²) in [5.74, 6) is -0.0287. The standard InChI is InChI=1S/C18H16N2O/c1-14(21)20-17-10-6-5-7-15(17)13-18(20,11-12-19)16-8-3-2-4-9-16/h2-10H,11,13H2,1H3. The Kier molecular flexibility index (Phi) is 3.23. The van der Waals surface area contributed by atoms with Crippen LogP contribution in [0.2, 0.25) is 0 Å². The van der Waals surface area contributed by atoms with E-state index >= 15 is 0 Å². The Bertz CT molecular complexity index is 717. The Labute approximate surface area is 124 Å². The molecule has 3 heteroatoms. The van der Waals surface area contributed by atoms with E-state index in [0.717, 1.165) is 16.8 Å². The number of anilines is 1. The van der Waals surface area contributed by atoms with E-state index in [9.17, 15) is 10.1 Å². The Morgan fingerprint density at radius 3 is 2.52 bits per heavy atom. The zero-order chi connectivity index (χ0) is 14.9. The second-order valence-corrected chi connectivity index (χ2v) is 5.39. The molecular weight excluding hydrogens is 260 g/mol. The number of hydrogen-bond donors (Lipinski definition) is 0. The first-order chi connectivity index (χ1) is 10.2. The zero-order valence-corrected chi connectivity index (χ0v) is 11.9. The Hall–Kier alpha value is -2.60. The van der Waals surface area contributed by atoms with Gasteiger partial charge in [0.25, 0.3) is 0 Å². The van der Waals surface area contributed by atoms with Gasteiger partial charge in [-0.25, -0.2) is 0 Å². The van der Waals surface area contributed by atoms with Crippen LogP contribution in [-0.2, 0) is 16.8 Å². The first kappa shape index (κ1) is 13.4. The fourth-order valence-corrected chi connectivity index (χ4v) is 3.33. The maximum atomic E-state index is 12.3. The summed E-state index contributed by atoms with van der Waals surface area (Å²) in [6, 6.07) is 20.0. The third-order valence-electron chi connectivity index (χ3n) is 4.14. The molecule has 1 aliphatic heterocycles. The Morgan fingerprint density at radius 1 is 1.19 bits per heavy atom. The second kappa shape index (κ2) is 5.06. The van der Waals surface area contributed by atoms with Gasteiger partial charge in [0.15, 0.2) is 0 Å². The molecular formula is C18H16N2O. The molecule has 0 bridgehead atoms. The Morgan fingerprint density at radius 2 is 1.86 bits per heavy atom.